The van der Waals surface area contributed by atoms with Gasteiger partial charge in [-0.1, -0.05) is 51.1 Å². The van der Waals surface area contributed by atoms with Crippen LogP contribution < -0.4 is 27.3 Å². The van der Waals surface area contributed by atoms with E-state index in [4.69, 9.17) is 17.7 Å². The Morgan fingerprint density at radius 3 is 1.28 bits per heavy atom. The fourth-order valence-electron chi connectivity index (χ4n) is 4.25. The molecule has 4 nitrogen and oxygen atoms in total. The van der Waals surface area contributed by atoms with Crippen molar-refractivity contribution in [2.75, 3.05) is 0 Å². The Balaban J connectivity index is 1.48. The maximum absolute atomic E-state index is 6.32. The average molecular weight is 512 g/mol. The van der Waals surface area contributed by atoms with Gasteiger partial charge in [-0.2, -0.15) is 0 Å². The molecular formula is C30H26O4P2. The van der Waals surface area contributed by atoms with Gasteiger partial charge in [0, 0.05) is 7.92 Å². The molecule has 36 heavy (non-hydrogen) atoms. The molecule has 4 aromatic heterocycles. The Hall–Kier alpha value is -3.32. The third-order valence-corrected chi connectivity index (χ3v) is 10.7. The molecule has 0 unspecified atom stereocenters. The highest BCUT2D eigenvalue weighted by Crippen LogP contribution is 2.48. The summed E-state index contributed by atoms with van der Waals surface area (Å²) in [5.74, 6) is 3.11. The summed E-state index contributed by atoms with van der Waals surface area (Å²) >= 11 is 0. The minimum atomic E-state index is -0.976. The van der Waals surface area contributed by atoms with Crippen molar-refractivity contribution in [3.05, 3.63) is 102 Å². The quantitative estimate of drug-likeness (QED) is 0.235. The van der Waals surface area contributed by atoms with Crippen molar-refractivity contribution in [2.45, 2.75) is 25.9 Å². The zero-order chi connectivity index (χ0) is 24.7. The number of rotatable bonds is 1. The second kappa shape index (κ2) is 9.28. The largest absolute Gasteiger partial charge is 0.457 e. The fraction of sp³-hybridized carbons (Fsp3) is 0.133. The maximum Gasteiger partial charge on any atom is 0.138 e. The lowest BCUT2D eigenvalue weighted by molar-refractivity contribution is 0.574. The van der Waals surface area contributed by atoms with Gasteiger partial charge in [0.25, 0.3) is 0 Å². The van der Waals surface area contributed by atoms with E-state index in [0.29, 0.717) is 0 Å². The molecule has 0 amide bonds. The monoisotopic (exact) mass is 512 g/mol. The van der Waals surface area contributed by atoms with Crippen LogP contribution in [0.5, 0.6) is 0 Å². The molecule has 0 saturated carbocycles. The van der Waals surface area contributed by atoms with Crippen LogP contribution in [0.1, 0.15) is 43.8 Å². The molecular weight excluding hydrogens is 486 g/mol. The summed E-state index contributed by atoms with van der Waals surface area (Å²) in [6.45, 7) is 6.67. The first-order chi connectivity index (χ1) is 17.4. The molecule has 0 radical (unpaired) electrons. The zero-order valence-corrected chi connectivity index (χ0v) is 22.1. The molecule has 1 aliphatic rings. The van der Waals surface area contributed by atoms with Crippen molar-refractivity contribution in [1.29, 1.82) is 0 Å². The summed E-state index contributed by atoms with van der Waals surface area (Å²) in [5, 5.41) is 1.13. The molecule has 8 bridgehead atoms. The molecule has 5 heterocycles. The van der Waals surface area contributed by atoms with E-state index >= 15 is 0 Å². The van der Waals surface area contributed by atoms with Crippen molar-refractivity contribution in [3.8, 4) is 0 Å². The van der Waals surface area contributed by atoms with Crippen LogP contribution >= 0.6 is 15.8 Å². The van der Waals surface area contributed by atoms with Gasteiger partial charge in [-0.15, -0.1) is 0 Å². The Labute approximate surface area is 212 Å². The van der Waals surface area contributed by atoms with Gasteiger partial charge < -0.3 is 17.7 Å². The lowest BCUT2D eigenvalue weighted by atomic mass is 10.3. The van der Waals surface area contributed by atoms with E-state index in [1.165, 1.54) is 5.30 Å². The van der Waals surface area contributed by atoms with Gasteiger partial charge in [-0.25, -0.2) is 0 Å². The molecule has 1 aliphatic heterocycles. The van der Waals surface area contributed by atoms with Crippen LogP contribution in [0, 0.1) is 0 Å². The number of benzene rings is 1. The Morgan fingerprint density at radius 1 is 0.472 bits per heavy atom. The molecule has 6 heteroatoms. The van der Waals surface area contributed by atoms with Gasteiger partial charge in [0.2, 0.25) is 0 Å². The van der Waals surface area contributed by atoms with Crippen molar-refractivity contribution < 1.29 is 17.7 Å². The lowest BCUT2D eigenvalue weighted by Crippen LogP contribution is -2.25. The molecule has 0 aliphatic carbocycles. The smallest absolute Gasteiger partial charge is 0.138 e. The first-order valence-electron chi connectivity index (χ1n) is 11.8. The molecule has 0 spiro atoms. The summed E-state index contributed by atoms with van der Waals surface area (Å²) < 4.78 is 25.2. The van der Waals surface area contributed by atoms with Crippen molar-refractivity contribution in [3.63, 3.8) is 0 Å². The third kappa shape index (κ3) is 4.60. The summed E-state index contributed by atoms with van der Waals surface area (Å²) in [6, 6.07) is 26.6. The Bertz CT molecular complexity index is 1450. The topological polar surface area (TPSA) is 52.6 Å². The fourth-order valence-corrected chi connectivity index (χ4v) is 8.66. The van der Waals surface area contributed by atoms with Crippen LogP contribution in [-0.2, 0) is 0 Å². The van der Waals surface area contributed by atoms with Gasteiger partial charge in [0.1, 0.15) is 45.0 Å². The number of hydrogen-bond acceptors (Lipinski definition) is 4. The number of furan rings is 4. The predicted octanol–water partition coefficient (Wildman–Crippen LogP) is 6.70. The minimum absolute atomic E-state index is 0.0335. The zero-order valence-electron chi connectivity index (χ0n) is 20.3. The first kappa shape index (κ1) is 23.1. The average Bonchev–Trinajstić information content (AvgIpc) is 3.65. The molecule has 0 fully saturated rings. The van der Waals surface area contributed by atoms with Crippen molar-refractivity contribution in [1.82, 2.24) is 0 Å². The second-order valence-corrected chi connectivity index (χ2v) is 14.5. The Kier molecular flexibility index (Phi) is 5.96. The molecule has 0 saturated heterocycles. The van der Waals surface area contributed by atoms with Crippen LogP contribution in [0.25, 0.3) is 24.3 Å². The van der Waals surface area contributed by atoms with E-state index in [9.17, 15) is 0 Å². The van der Waals surface area contributed by atoms with E-state index in [1.54, 1.807) is 0 Å². The molecule has 180 valence electrons. The van der Waals surface area contributed by atoms with E-state index < -0.39 is 15.8 Å². The summed E-state index contributed by atoms with van der Waals surface area (Å²) in [6.07, 6.45) is 7.82. The SMILES string of the molecule is CC(C)(C)P1c2ccc(o2)/C=C/c2ccc(o2)P(c2ccccc2)c2ccc(o2)/C=C/c2ccc1o2. The van der Waals surface area contributed by atoms with Crippen molar-refractivity contribution >= 4 is 67.5 Å². The van der Waals surface area contributed by atoms with Crippen LogP contribution in [0.15, 0.2) is 96.5 Å². The van der Waals surface area contributed by atoms with Crippen molar-refractivity contribution in [2.24, 2.45) is 0 Å². The van der Waals surface area contributed by atoms with Crippen LogP contribution in [0.4, 0.5) is 0 Å². The van der Waals surface area contributed by atoms with E-state index in [2.05, 4.69) is 45.0 Å². The van der Waals surface area contributed by atoms with Gasteiger partial charge in [-0.05, 0) is 83.3 Å². The van der Waals surface area contributed by atoms with Crippen LogP contribution in [-0.4, -0.2) is 5.16 Å². The molecule has 6 rings (SSSR count). The molecule has 5 aromatic rings. The van der Waals surface area contributed by atoms with Crippen LogP contribution in [0.2, 0.25) is 0 Å². The van der Waals surface area contributed by atoms with Gasteiger partial charge >= 0.3 is 0 Å². The van der Waals surface area contributed by atoms with Crippen LogP contribution in [0.3, 0.4) is 0 Å². The van der Waals surface area contributed by atoms with Gasteiger partial charge in [0.05, 0.1) is 7.92 Å². The summed E-state index contributed by atoms with van der Waals surface area (Å²) in [7, 11) is -1.81. The first-order valence-corrected chi connectivity index (χ1v) is 14.5. The lowest BCUT2D eigenvalue weighted by Gasteiger charge is -2.27. The van der Waals surface area contributed by atoms with E-state index in [0.717, 1.165) is 45.0 Å². The van der Waals surface area contributed by atoms with E-state index in [1.807, 2.05) is 78.9 Å². The standard InChI is InChI=1S/C30H26O4P2/c1-30(2,3)36-28-19-15-23(33-28)11-9-21-13-17-26(31-21)35(25-7-5-4-6-8-25)27-18-14-22(32-27)10-12-24-16-20-29(36)34-24/h4-20H,1-3H3/b11-9+,12-10+. The van der Waals surface area contributed by atoms with Gasteiger partial charge in [-0.3, -0.25) is 0 Å². The predicted molar refractivity (Wildman–Crippen MR) is 151 cm³/mol. The highest BCUT2D eigenvalue weighted by molar-refractivity contribution is 7.79. The maximum atomic E-state index is 6.32. The summed E-state index contributed by atoms with van der Waals surface area (Å²) in [5.41, 5.74) is 3.64. The number of fused-ring (bicyclic) bond motifs is 8. The van der Waals surface area contributed by atoms with E-state index in [-0.39, 0.29) is 5.16 Å². The highest BCUT2D eigenvalue weighted by Gasteiger charge is 2.33. The Morgan fingerprint density at radius 2 is 0.861 bits per heavy atom. The second-order valence-electron chi connectivity index (χ2n) is 9.55. The molecule has 1 aromatic carbocycles. The molecule has 0 atom stereocenters. The molecule has 0 N–H and O–H groups in total. The summed E-state index contributed by atoms with van der Waals surface area (Å²) in [4.78, 5) is 0. The normalized spacial score (nSPS) is 19.4. The highest BCUT2D eigenvalue weighted by atomic mass is 31.1. The third-order valence-electron chi connectivity index (χ3n) is 5.84. The number of hydrogen-bond donors (Lipinski definition) is 0. The van der Waals surface area contributed by atoms with Gasteiger partial charge in [0.15, 0.2) is 0 Å². The minimum Gasteiger partial charge on any atom is -0.457 e.